The van der Waals surface area contributed by atoms with E-state index in [-0.39, 0.29) is 12.1 Å². The zero-order chi connectivity index (χ0) is 15.4. The van der Waals surface area contributed by atoms with E-state index in [9.17, 15) is 19.2 Å². The SMILES string of the molecule is CCCCN1C(=O)NC(=O)C(C(=O)c2ccccc2)C1=O. The molecular weight excluding hydrogens is 272 g/mol. The monoisotopic (exact) mass is 288 g/mol. The van der Waals surface area contributed by atoms with Gasteiger partial charge in [-0.2, -0.15) is 0 Å². The molecule has 1 atom stereocenters. The molecule has 1 saturated heterocycles. The predicted molar refractivity (Wildman–Crippen MR) is 74.4 cm³/mol. The van der Waals surface area contributed by atoms with Crippen LogP contribution >= 0.6 is 0 Å². The molecule has 110 valence electrons. The third-order valence-electron chi connectivity index (χ3n) is 3.31. The number of carbonyl (C=O) groups excluding carboxylic acids is 4. The fraction of sp³-hybridized carbons (Fsp3) is 0.333. The molecule has 2 rings (SSSR count). The molecule has 1 aromatic rings. The number of barbiturate groups is 1. The summed E-state index contributed by atoms with van der Waals surface area (Å²) in [6.45, 7) is 2.12. The van der Waals surface area contributed by atoms with Gasteiger partial charge in [-0.3, -0.25) is 24.6 Å². The minimum absolute atomic E-state index is 0.201. The van der Waals surface area contributed by atoms with E-state index >= 15 is 0 Å². The van der Waals surface area contributed by atoms with Crippen LogP contribution in [-0.2, 0) is 9.59 Å². The third-order valence-corrected chi connectivity index (χ3v) is 3.31. The van der Waals surface area contributed by atoms with Gasteiger partial charge in [0, 0.05) is 12.1 Å². The highest BCUT2D eigenvalue weighted by Gasteiger charge is 2.44. The van der Waals surface area contributed by atoms with Crippen LogP contribution in [0.15, 0.2) is 30.3 Å². The molecule has 4 amide bonds. The highest BCUT2D eigenvalue weighted by atomic mass is 16.2. The number of Topliss-reactive ketones (excluding diaryl/α,β-unsaturated/α-hetero) is 1. The van der Waals surface area contributed by atoms with Crippen molar-refractivity contribution < 1.29 is 19.2 Å². The topological polar surface area (TPSA) is 83.6 Å². The van der Waals surface area contributed by atoms with Crippen molar-refractivity contribution in [3.8, 4) is 0 Å². The first-order valence-electron chi connectivity index (χ1n) is 6.81. The van der Waals surface area contributed by atoms with E-state index in [1.807, 2.05) is 6.92 Å². The second-order valence-corrected chi connectivity index (χ2v) is 4.80. The summed E-state index contributed by atoms with van der Waals surface area (Å²) in [5.74, 6) is -3.67. The highest BCUT2D eigenvalue weighted by Crippen LogP contribution is 2.17. The number of benzene rings is 1. The molecule has 1 aliphatic rings. The molecular formula is C15H16N2O4. The number of carbonyl (C=O) groups is 4. The van der Waals surface area contributed by atoms with Crippen LogP contribution in [-0.4, -0.2) is 35.1 Å². The maximum atomic E-state index is 12.3. The molecule has 1 aromatic carbocycles. The number of rotatable bonds is 5. The van der Waals surface area contributed by atoms with Crippen LogP contribution in [0.1, 0.15) is 30.1 Å². The van der Waals surface area contributed by atoms with Gasteiger partial charge in [0.25, 0.3) is 5.91 Å². The molecule has 21 heavy (non-hydrogen) atoms. The van der Waals surface area contributed by atoms with E-state index in [1.54, 1.807) is 18.2 Å². The lowest BCUT2D eigenvalue weighted by atomic mass is 9.94. The Hall–Kier alpha value is -2.50. The maximum Gasteiger partial charge on any atom is 0.330 e. The van der Waals surface area contributed by atoms with Crippen molar-refractivity contribution in [3.05, 3.63) is 35.9 Å². The summed E-state index contributed by atoms with van der Waals surface area (Å²) >= 11 is 0. The Labute approximate surface area is 122 Å². The summed E-state index contributed by atoms with van der Waals surface area (Å²) in [6.07, 6.45) is 1.42. The summed E-state index contributed by atoms with van der Waals surface area (Å²) < 4.78 is 0. The van der Waals surface area contributed by atoms with Crippen molar-refractivity contribution in [1.29, 1.82) is 0 Å². The smallest absolute Gasteiger partial charge is 0.293 e. The molecule has 0 saturated carbocycles. The normalized spacial score (nSPS) is 18.6. The molecule has 1 fully saturated rings. The fourth-order valence-corrected chi connectivity index (χ4v) is 2.14. The molecule has 0 aromatic heterocycles. The van der Waals surface area contributed by atoms with Gasteiger partial charge in [0.05, 0.1) is 0 Å². The Morgan fingerprint density at radius 3 is 2.48 bits per heavy atom. The first-order valence-corrected chi connectivity index (χ1v) is 6.81. The van der Waals surface area contributed by atoms with Crippen LogP contribution in [0.2, 0.25) is 0 Å². The molecule has 1 heterocycles. The third kappa shape index (κ3) is 2.99. The lowest BCUT2D eigenvalue weighted by Crippen LogP contribution is -2.60. The van der Waals surface area contributed by atoms with E-state index < -0.39 is 29.5 Å². The second kappa shape index (κ2) is 6.30. The van der Waals surface area contributed by atoms with E-state index in [4.69, 9.17) is 0 Å². The van der Waals surface area contributed by atoms with Crippen LogP contribution in [0.3, 0.4) is 0 Å². The van der Waals surface area contributed by atoms with Crippen LogP contribution in [0.4, 0.5) is 4.79 Å². The average molecular weight is 288 g/mol. The zero-order valence-corrected chi connectivity index (χ0v) is 11.7. The molecule has 1 unspecified atom stereocenters. The molecule has 0 spiro atoms. The summed E-state index contributed by atoms with van der Waals surface area (Å²) in [5, 5.41) is 2.08. The average Bonchev–Trinajstić information content (AvgIpc) is 2.47. The number of urea groups is 1. The lowest BCUT2D eigenvalue weighted by Gasteiger charge is -2.29. The van der Waals surface area contributed by atoms with Crippen LogP contribution in [0.25, 0.3) is 0 Å². The number of unbranched alkanes of at least 4 members (excludes halogenated alkanes) is 1. The Morgan fingerprint density at radius 1 is 1.19 bits per heavy atom. The van der Waals surface area contributed by atoms with Gasteiger partial charge < -0.3 is 0 Å². The number of imide groups is 2. The molecule has 1 aliphatic heterocycles. The van der Waals surface area contributed by atoms with Crippen molar-refractivity contribution in [2.24, 2.45) is 5.92 Å². The van der Waals surface area contributed by atoms with Crippen molar-refractivity contribution in [2.75, 3.05) is 6.54 Å². The maximum absolute atomic E-state index is 12.3. The quantitative estimate of drug-likeness (QED) is 0.655. The molecule has 1 N–H and O–H groups in total. The van der Waals surface area contributed by atoms with Gasteiger partial charge in [-0.15, -0.1) is 0 Å². The van der Waals surface area contributed by atoms with Gasteiger partial charge in [-0.25, -0.2) is 4.79 Å². The number of nitrogens with zero attached hydrogens (tertiary/aromatic N) is 1. The number of hydrogen-bond acceptors (Lipinski definition) is 4. The summed E-state index contributed by atoms with van der Waals surface area (Å²) in [4.78, 5) is 49.1. The van der Waals surface area contributed by atoms with Gasteiger partial charge in [0.1, 0.15) is 0 Å². The summed E-state index contributed by atoms with van der Waals surface area (Å²) in [7, 11) is 0. The first-order chi connectivity index (χ1) is 10.1. The van der Waals surface area contributed by atoms with Crippen molar-refractivity contribution in [1.82, 2.24) is 10.2 Å². The van der Waals surface area contributed by atoms with Crippen LogP contribution in [0, 0.1) is 5.92 Å². The Bertz CT molecular complexity index is 583. The largest absolute Gasteiger partial charge is 0.330 e. The van der Waals surface area contributed by atoms with Crippen molar-refractivity contribution >= 4 is 23.6 Å². The minimum Gasteiger partial charge on any atom is -0.293 e. The number of nitrogens with one attached hydrogen (secondary N) is 1. The lowest BCUT2D eigenvalue weighted by molar-refractivity contribution is -0.140. The number of ketones is 1. The van der Waals surface area contributed by atoms with Gasteiger partial charge in [-0.1, -0.05) is 43.7 Å². The minimum atomic E-state index is -1.48. The van der Waals surface area contributed by atoms with Crippen molar-refractivity contribution in [3.63, 3.8) is 0 Å². The van der Waals surface area contributed by atoms with Crippen molar-refractivity contribution in [2.45, 2.75) is 19.8 Å². The predicted octanol–water partition coefficient (Wildman–Crippen LogP) is 1.36. The van der Waals surface area contributed by atoms with Gasteiger partial charge >= 0.3 is 6.03 Å². The van der Waals surface area contributed by atoms with Gasteiger partial charge in [0.15, 0.2) is 11.7 Å². The highest BCUT2D eigenvalue weighted by molar-refractivity contribution is 6.29. The first kappa shape index (κ1) is 14.9. The number of amides is 4. The Kier molecular flexibility index (Phi) is 4.47. The van der Waals surface area contributed by atoms with Crippen LogP contribution < -0.4 is 5.32 Å². The zero-order valence-electron chi connectivity index (χ0n) is 11.7. The van der Waals surface area contributed by atoms with Gasteiger partial charge in [0.2, 0.25) is 5.91 Å². The van der Waals surface area contributed by atoms with E-state index in [0.717, 1.165) is 11.3 Å². The second-order valence-electron chi connectivity index (χ2n) is 4.80. The van der Waals surface area contributed by atoms with Crippen LogP contribution in [0.5, 0.6) is 0 Å². The molecule has 0 bridgehead atoms. The Balaban J connectivity index is 2.25. The summed E-state index contributed by atoms with van der Waals surface area (Å²) in [6, 6.07) is 7.36. The van der Waals surface area contributed by atoms with E-state index in [2.05, 4.69) is 5.32 Å². The van der Waals surface area contributed by atoms with Gasteiger partial charge in [-0.05, 0) is 6.42 Å². The molecule has 0 aliphatic carbocycles. The molecule has 0 radical (unpaired) electrons. The van der Waals surface area contributed by atoms with E-state index in [0.29, 0.717) is 6.42 Å². The van der Waals surface area contributed by atoms with E-state index in [1.165, 1.54) is 12.1 Å². The fourth-order valence-electron chi connectivity index (χ4n) is 2.14. The molecule has 6 nitrogen and oxygen atoms in total. The Morgan fingerprint density at radius 2 is 1.86 bits per heavy atom. The molecule has 6 heteroatoms. The summed E-state index contributed by atoms with van der Waals surface area (Å²) in [5.41, 5.74) is 0.274. The number of hydrogen-bond donors (Lipinski definition) is 1. The standard InChI is InChI=1S/C15H16N2O4/c1-2-3-9-17-14(20)11(13(19)16-15(17)21)12(18)10-7-5-4-6-8-10/h4-8,11H,2-3,9H2,1H3,(H,16,19,21).